The second kappa shape index (κ2) is 3.49. The average molecular weight is 267 g/mol. The average Bonchev–Trinajstić information content (AvgIpc) is 2.54. The number of rotatable bonds is 0. The SMILES string of the molecule is CN1c2ccc(Br)cc2C2CNCCC21. The summed E-state index contributed by atoms with van der Waals surface area (Å²) in [4.78, 5) is 2.45. The third-order valence-corrected chi connectivity index (χ3v) is 4.21. The molecule has 1 fully saturated rings. The lowest BCUT2D eigenvalue weighted by atomic mass is 9.90. The van der Waals surface area contributed by atoms with Crippen molar-refractivity contribution in [1.29, 1.82) is 0 Å². The fourth-order valence-electron chi connectivity index (χ4n) is 2.95. The van der Waals surface area contributed by atoms with E-state index in [2.05, 4.69) is 51.4 Å². The van der Waals surface area contributed by atoms with Crippen molar-refractivity contribution in [3.63, 3.8) is 0 Å². The molecule has 0 amide bonds. The van der Waals surface area contributed by atoms with E-state index in [1.54, 1.807) is 0 Å². The first-order valence-corrected chi connectivity index (χ1v) is 6.29. The van der Waals surface area contributed by atoms with Crippen molar-refractivity contribution < 1.29 is 0 Å². The van der Waals surface area contributed by atoms with E-state index >= 15 is 0 Å². The highest BCUT2D eigenvalue weighted by atomic mass is 79.9. The number of benzene rings is 1. The summed E-state index contributed by atoms with van der Waals surface area (Å²) in [5.74, 6) is 0.677. The molecule has 0 aromatic heterocycles. The molecule has 2 aliphatic heterocycles. The highest BCUT2D eigenvalue weighted by molar-refractivity contribution is 9.10. The maximum atomic E-state index is 3.56. The minimum Gasteiger partial charge on any atom is -0.371 e. The number of nitrogens with one attached hydrogen (secondary N) is 1. The first-order valence-electron chi connectivity index (χ1n) is 5.50. The summed E-state index contributed by atoms with van der Waals surface area (Å²) in [7, 11) is 2.22. The van der Waals surface area contributed by atoms with Crippen LogP contribution in [0.3, 0.4) is 0 Å². The van der Waals surface area contributed by atoms with Gasteiger partial charge in [0.2, 0.25) is 0 Å². The van der Waals surface area contributed by atoms with Crippen LogP contribution in [-0.2, 0) is 0 Å². The van der Waals surface area contributed by atoms with Gasteiger partial charge in [-0.2, -0.15) is 0 Å². The Morgan fingerprint density at radius 3 is 3.20 bits per heavy atom. The molecule has 1 aromatic carbocycles. The van der Waals surface area contributed by atoms with Crippen LogP contribution < -0.4 is 10.2 Å². The van der Waals surface area contributed by atoms with E-state index in [4.69, 9.17) is 0 Å². The molecule has 0 saturated carbocycles. The molecule has 2 aliphatic rings. The Bertz CT molecular complexity index is 391. The number of anilines is 1. The van der Waals surface area contributed by atoms with Crippen LogP contribution >= 0.6 is 15.9 Å². The summed E-state index contributed by atoms with van der Waals surface area (Å²) in [6.45, 7) is 2.28. The Labute approximate surface area is 98.8 Å². The Kier molecular flexibility index (Phi) is 2.25. The van der Waals surface area contributed by atoms with Crippen LogP contribution in [0.25, 0.3) is 0 Å². The molecule has 80 valence electrons. The molecule has 2 heterocycles. The van der Waals surface area contributed by atoms with E-state index < -0.39 is 0 Å². The van der Waals surface area contributed by atoms with Crippen molar-refractivity contribution in [2.75, 3.05) is 25.0 Å². The van der Waals surface area contributed by atoms with Gasteiger partial charge in [0.05, 0.1) is 0 Å². The summed E-state index contributed by atoms with van der Waals surface area (Å²) in [6, 6.07) is 7.36. The van der Waals surface area contributed by atoms with E-state index in [9.17, 15) is 0 Å². The van der Waals surface area contributed by atoms with Crippen LogP contribution in [0, 0.1) is 0 Å². The topological polar surface area (TPSA) is 15.3 Å². The number of hydrogen-bond donors (Lipinski definition) is 1. The second-order valence-corrected chi connectivity index (χ2v) is 5.40. The van der Waals surface area contributed by atoms with E-state index in [-0.39, 0.29) is 0 Å². The monoisotopic (exact) mass is 266 g/mol. The highest BCUT2D eigenvalue weighted by Crippen LogP contribution is 2.43. The second-order valence-electron chi connectivity index (χ2n) is 4.48. The molecule has 0 aliphatic carbocycles. The van der Waals surface area contributed by atoms with Crippen LogP contribution in [0.5, 0.6) is 0 Å². The number of halogens is 1. The number of likely N-dealkylation sites (N-methyl/N-ethyl adjacent to an activating group) is 1. The molecule has 0 spiro atoms. The van der Waals surface area contributed by atoms with Crippen molar-refractivity contribution >= 4 is 21.6 Å². The van der Waals surface area contributed by atoms with Gasteiger partial charge in [-0.15, -0.1) is 0 Å². The largest absolute Gasteiger partial charge is 0.371 e. The third kappa shape index (κ3) is 1.41. The predicted octanol–water partition coefficient (Wildman–Crippen LogP) is 2.34. The van der Waals surface area contributed by atoms with Crippen LogP contribution in [0.4, 0.5) is 5.69 Å². The van der Waals surface area contributed by atoms with Gasteiger partial charge in [-0.25, -0.2) is 0 Å². The summed E-state index contributed by atoms with van der Waals surface area (Å²) in [5, 5.41) is 3.50. The highest BCUT2D eigenvalue weighted by Gasteiger charge is 2.37. The van der Waals surface area contributed by atoms with Crippen LogP contribution in [0.2, 0.25) is 0 Å². The van der Waals surface area contributed by atoms with Crippen molar-refractivity contribution in [1.82, 2.24) is 5.32 Å². The first-order chi connectivity index (χ1) is 7.27. The van der Waals surface area contributed by atoms with Gasteiger partial charge in [0.15, 0.2) is 0 Å². The van der Waals surface area contributed by atoms with Gasteiger partial charge in [-0.1, -0.05) is 15.9 Å². The fraction of sp³-hybridized carbons (Fsp3) is 0.500. The normalized spacial score (nSPS) is 28.8. The zero-order chi connectivity index (χ0) is 10.4. The van der Waals surface area contributed by atoms with Crippen LogP contribution in [0.1, 0.15) is 17.9 Å². The molecule has 2 nitrogen and oxygen atoms in total. The zero-order valence-corrected chi connectivity index (χ0v) is 10.4. The number of fused-ring (bicyclic) bond motifs is 3. The van der Waals surface area contributed by atoms with Crippen molar-refractivity contribution in [2.45, 2.75) is 18.4 Å². The van der Waals surface area contributed by atoms with Gasteiger partial charge < -0.3 is 10.2 Å². The smallest absolute Gasteiger partial charge is 0.0403 e. The summed E-state index contributed by atoms with van der Waals surface area (Å²) in [5.41, 5.74) is 2.92. The summed E-state index contributed by atoms with van der Waals surface area (Å²) < 4.78 is 1.20. The lowest BCUT2D eigenvalue weighted by Gasteiger charge is -2.31. The molecule has 1 aromatic rings. The quantitative estimate of drug-likeness (QED) is 0.776. The molecule has 1 saturated heterocycles. The Morgan fingerprint density at radius 1 is 1.47 bits per heavy atom. The van der Waals surface area contributed by atoms with Gasteiger partial charge in [-0.05, 0) is 36.7 Å². The van der Waals surface area contributed by atoms with Crippen molar-refractivity contribution in [3.8, 4) is 0 Å². The lowest BCUT2D eigenvalue weighted by molar-refractivity contribution is 0.413. The molecule has 0 bridgehead atoms. The first kappa shape index (κ1) is 9.67. The lowest BCUT2D eigenvalue weighted by Crippen LogP contribution is -2.42. The molecule has 0 radical (unpaired) electrons. The molecular formula is C12H15BrN2. The van der Waals surface area contributed by atoms with Gasteiger partial charge in [0.1, 0.15) is 0 Å². The van der Waals surface area contributed by atoms with E-state index in [1.165, 1.54) is 22.1 Å². The molecule has 15 heavy (non-hydrogen) atoms. The van der Waals surface area contributed by atoms with Gasteiger partial charge in [0, 0.05) is 35.7 Å². The van der Waals surface area contributed by atoms with Crippen molar-refractivity contribution in [3.05, 3.63) is 28.2 Å². The maximum absolute atomic E-state index is 3.56. The Hall–Kier alpha value is -0.540. The number of nitrogens with zero attached hydrogens (tertiary/aromatic N) is 1. The van der Waals surface area contributed by atoms with Crippen LogP contribution in [-0.4, -0.2) is 26.2 Å². The summed E-state index contributed by atoms with van der Waals surface area (Å²) >= 11 is 3.56. The minimum atomic E-state index is 0.677. The molecule has 2 unspecified atom stereocenters. The fourth-order valence-corrected chi connectivity index (χ4v) is 3.33. The Balaban J connectivity index is 2.07. The molecule has 2 atom stereocenters. The predicted molar refractivity (Wildman–Crippen MR) is 66.6 cm³/mol. The third-order valence-electron chi connectivity index (χ3n) is 3.71. The van der Waals surface area contributed by atoms with Crippen LogP contribution in [0.15, 0.2) is 22.7 Å². The van der Waals surface area contributed by atoms with Gasteiger partial charge in [-0.3, -0.25) is 0 Å². The molecular weight excluding hydrogens is 252 g/mol. The standard InChI is InChI=1S/C12H15BrN2/c1-15-11-3-2-8(13)6-9(11)10-7-14-5-4-12(10)15/h2-3,6,10,12,14H,4-5,7H2,1H3. The Morgan fingerprint density at radius 2 is 2.33 bits per heavy atom. The maximum Gasteiger partial charge on any atom is 0.0403 e. The van der Waals surface area contributed by atoms with Crippen molar-refractivity contribution in [2.24, 2.45) is 0 Å². The van der Waals surface area contributed by atoms with E-state index in [1.807, 2.05) is 0 Å². The zero-order valence-electron chi connectivity index (χ0n) is 8.83. The van der Waals surface area contributed by atoms with E-state index in [0.717, 1.165) is 13.1 Å². The molecule has 3 heteroatoms. The molecule has 3 rings (SSSR count). The number of piperidine rings is 1. The van der Waals surface area contributed by atoms with Gasteiger partial charge in [0.25, 0.3) is 0 Å². The summed E-state index contributed by atoms with van der Waals surface area (Å²) in [6.07, 6.45) is 1.26. The van der Waals surface area contributed by atoms with Gasteiger partial charge >= 0.3 is 0 Å². The minimum absolute atomic E-state index is 0.677. The molecule has 1 N–H and O–H groups in total. The number of hydrogen-bond acceptors (Lipinski definition) is 2. The van der Waals surface area contributed by atoms with E-state index in [0.29, 0.717) is 12.0 Å².